The lowest BCUT2D eigenvalue weighted by Crippen LogP contribution is -2.45. The Hall–Kier alpha value is -0.0400. The molecule has 1 unspecified atom stereocenters. The zero-order chi connectivity index (χ0) is 8.70. The number of rotatable bonds is 3. The summed E-state index contributed by atoms with van der Waals surface area (Å²) in [6, 6.07) is 0. The van der Waals surface area contributed by atoms with Crippen molar-refractivity contribution in [3.63, 3.8) is 0 Å². The fraction of sp³-hybridized carbons (Fsp3) is 1.00. The maximum absolute atomic E-state index is 6.26. The van der Waals surface area contributed by atoms with E-state index in [1.165, 1.54) is 12.8 Å². The van der Waals surface area contributed by atoms with Crippen LogP contribution < -0.4 is 5.73 Å². The predicted molar refractivity (Wildman–Crippen MR) is 49.4 cm³/mol. The van der Waals surface area contributed by atoms with Gasteiger partial charge in [0.15, 0.2) is 0 Å². The van der Waals surface area contributed by atoms with Crippen molar-refractivity contribution in [1.82, 2.24) is 0 Å². The molecular weight excluding hydrogens is 134 g/mol. The number of hydrogen-bond acceptors (Lipinski definition) is 1. The first kappa shape index (κ1) is 9.05. The smallest absolute Gasteiger partial charge is 0.0182 e. The molecule has 0 radical (unpaired) electrons. The third-order valence-corrected chi connectivity index (χ3v) is 3.21. The average Bonchev–Trinajstić information content (AvgIpc) is 2.44. The predicted octanol–water partition coefficient (Wildman–Crippen LogP) is 2.55. The van der Waals surface area contributed by atoms with Crippen LogP contribution in [0.15, 0.2) is 0 Å². The van der Waals surface area contributed by atoms with E-state index in [1.54, 1.807) is 0 Å². The van der Waals surface area contributed by atoms with Crippen LogP contribution in [0.3, 0.4) is 0 Å². The summed E-state index contributed by atoms with van der Waals surface area (Å²) in [6.07, 6.45) is 3.81. The number of nitrogens with two attached hydrogens (primary N) is 1. The molecule has 0 aromatic carbocycles. The zero-order valence-corrected chi connectivity index (χ0v) is 8.28. The Kier molecular flexibility index (Phi) is 2.04. The van der Waals surface area contributed by atoms with Crippen LogP contribution >= 0.6 is 0 Å². The first-order chi connectivity index (χ1) is 4.87. The Morgan fingerprint density at radius 1 is 1.45 bits per heavy atom. The molecule has 1 aliphatic carbocycles. The van der Waals surface area contributed by atoms with Crippen molar-refractivity contribution < 1.29 is 0 Å². The van der Waals surface area contributed by atoms with Crippen molar-refractivity contribution >= 4 is 0 Å². The van der Waals surface area contributed by atoms with Gasteiger partial charge in [-0.05, 0) is 37.5 Å². The lowest BCUT2D eigenvalue weighted by atomic mass is 9.79. The van der Waals surface area contributed by atoms with E-state index in [4.69, 9.17) is 5.73 Å². The summed E-state index contributed by atoms with van der Waals surface area (Å²) in [5.41, 5.74) is 6.78. The summed E-state index contributed by atoms with van der Waals surface area (Å²) in [5, 5.41) is 0. The first-order valence-electron chi connectivity index (χ1n) is 4.66. The fourth-order valence-corrected chi connectivity index (χ4v) is 1.85. The molecule has 2 N–H and O–H groups in total. The van der Waals surface area contributed by atoms with Gasteiger partial charge in [-0.15, -0.1) is 0 Å². The first-order valence-corrected chi connectivity index (χ1v) is 4.66. The van der Waals surface area contributed by atoms with Gasteiger partial charge in [0.1, 0.15) is 0 Å². The monoisotopic (exact) mass is 155 g/mol. The van der Waals surface area contributed by atoms with Gasteiger partial charge in [0, 0.05) is 5.54 Å². The van der Waals surface area contributed by atoms with Crippen molar-refractivity contribution in [3.05, 3.63) is 0 Å². The molecule has 1 atom stereocenters. The minimum atomic E-state index is 0.0706. The normalized spacial score (nSPS) is 26.7. The maximum atomic E-state index is 6.26. The summed E-state index contributed by atoms with van der Waals surface area (Å²) in [4.78, 5) is 0. The maximum Gasteiger partial charge on any atom is 0.0182 e. The summed E-state index contributed by atoms with van der Waals surface area (Å²) < 4.78 is 0. The van der Waals surface area contributed by atoms with Crippen LogP contribution in [-0.4, -0.2) is 5.54 Å². The molecule has 1 fully saturated rings. The molecule has 66 valence electrons. The Morgan fingerprint density at radius 2 is 1.91 bits per heavy atom. The molecule has 0 saturated heterocycles. The average molecular weight is 155 g/mol. The second-order valence-electron chi connectivity index (χ2n) is 5.08. The molecular formula is C10H21N. The van der Waals surface area contributed by atoms with E-state index in [-0.39, 0.29) is 5.54 Å². The molecule has 0 amide bonds. The van der Waals surface area contributed by atoms with E-state index in [0.717, 1.165) is 12.3 Å². The fourth-order valence-electron chi connectivity index (χ4n) is 1.85. The summed E-state index contributed by atoms with van der Waals surface area (Å²) in [6.45, 7) is 9.02. The topological polar surface area (TPSA) is 26.0 Å². The molecule has 0 bridgehead atoms. The van der Waals surface area contributed by atoms with E-state index < -0.39 is 0 Å². The lowest BCUT2D eigenvalue weighted by Gasteiger charge is -2.33. The minimum absolute atomic E-state index is 0.0706. The SMILES string of the molecule is CC(C)CC(C)(N)C1(C)CC1. The molecule has 0 aromatic heterocycles. The molecule has 1 aliphatic rings. The van der Waals surface area contributed by atoms with Gasteiger partial charge < -0.3 is 5.73 Å². The van der Waals surface area contributed by atoms with Crippen LogP contribution in [0.1, 0.15) is 47.0 Å². The van der Waals surface area contributed by atoms with Gasteiger partial charge in [-0.25, -0.2) is 0 Å². The van der Waals surface area contributed by atoms with Crippen molar-refractivity contribution in [1.29, 1.82) is 0 Å². The van der Waals surface area contributed by atoms with Gasteiger partial charge in [0.25, 0.3) is 0 Å². The van der Waals surface area contributed by atoms with E-state index in [2.05, 4.69) is 27.7 Å². The van der Waals surface area contributed by atoms with Crippen molar-refractivity contribution in [2.75, 3.05) is 0 Å². The third-order valence-electron chi connectivity index (χ3n) is 3.21. The van der Waals surface area contributed by atoms with Crippen molar-refractivity contribution in [2.45, 2.75) is 52.5 Å². The number of hydrogen-bond donors (Lipinski definition) is 1. The van der Waals surface area contributed by atoms with Gasteiger partial charge in [-0.1, -0.05) is 20.8 Å². The second-order valence-corrected chi connectivity index (χ2v) is 5.08. The van der Waals surface area contributed by atoms with Gasteiger partial charge >= 0.3 is 0 Å². The van der Waals surface area contributed by atoms with E-state index in [1.807, 2.05) is 0 Å². The van der Waals surface area contributed by atoms with Crippen LogP contribution in [-0.2, 0) is 0 Å². The van der Waals surface area contributed by atoms with Gasteiger partial charge in [0.05, 0.1) is 0 Å². The van der Waals surface area contributed by atoms with Gasteiger partial charge in [0.2, 0.25) is 0 Å². The highest BCUT2D eigenvalue weighted by Gasteiger charge is 2.50. The van der Waals surface area contributed by atoms with E-state index >= 15 is 0 Å². The zero-order valence-electron chi connectivity index (χ0n) is 8.28. The highest BCUT2D eigenvalue weighted by molar-refractivity contribution is 5.06. The van der Waals surface area contributed by atoms with E-state index in [9.17, 15) is 0 Å². The summed E-state index contributed by atoms with van der Waals surface area (Å²) in [7, 11) is 0. The quantitative estimate of drug-likeness (QED) is 0.666. The molecule has 1 saturated carbocycles. The van der Waals surface area contributed by atoms with E-state index in [0.29, 0.717) is 5.41 Å². The van der Waals surface area contributed by atoms with Crippen LogP contribution in [0.5, 0.6) is 0 Å². The van der Waals surface area contributed by atoms with Crippen molar-refractivity contribution in [2.24, 2.45) is 17.1 Å². The molecule has 0 heterocycles. The molecule has 0 spiro atoms. The highest BCUT2D eigenvalue weighted by Crippen LogP contribution is 2.54. The van der Waals surface area contributed by atoms with Crippen LogP contribution in [0, 0.1) is 11.3 Å². The van der Waals surface area contributed by atoms with Gasteiger partial charge in [-0.3, -0.25) is 0 Å². The summed E-state index contributed by atoms with van der Waals surface area (Å²) >= 11 is 0. The van der Waals surface area contributed by atoms with Crippen LogP contribution in [0.2, 0.25) is 0 Å². The lowest BCUT2D eigenvalue weighted by molar-refractivity contribution is 0.244. The van der Waals surface area contributed by atoms with Gasteiger partial charge in [-0.2, -0.15) is 0 Å². The Bertz CT molecular complexity index is 143. The molecule has 0 aliphatic heterocycles. The molecule has 11 heavy (non-hydrogen) atoms. The van der Waals surface area contributed by atoms with Crippen molar-refractivity contribution in [3.8, 4) is 0 Å². The highest BCUT2D eigenvalue weighted by atomic mass is 14.8. The van der Waals surface area contributed by atoms with Crippen LogP contribution in [0.4, 0.5) is 0 Å². The molecule has 1 rings (SSSR count). The minimum Gasteiger partial charge on any atom is -0.325 e. The third kappa shape index (κ3) is 1.76. The largest absolute Gasteiger partial charge is 0.325 e. The molecule has 1 heteroatoms. The molecule has 1 nitrogen and oxygen atoms in total. The second kappa shape index (κ2) is 2.48. The Balaban J connectivity index is 2.52. The van der Waals surface area contributed by atoms with Crippen LogP contribution in [0.25, 0.3) is 0 Å². The molecule has 0 aromatic rings. The Labute approximate surface area is 70.4 Å². The standard InChI is InChI=1S/C10H21N/c1-8(2)7-10(4,11)9(3)5-6-9/h8H,5-7,11H2,1-4H3. The summed E-state index contributed by atoms with van der Waals surface area (Å²) in [5.74, 6) is 0.724. The Morgan fingerprint density at radius 3 is 2.18 bits per heavy atom.